The van der Waals surface area contributed by atoms with E-state index in [0.717, 1.165) is 6.42 Å². The van der Waals surface area contributed by atoms with Crippen molar-refractivity contribution in [1.82, 2.24) is 9.80 Å². The molecule has 0 saturated carbocycles. The molecule has 2 aliphatic rings. The molecule has 25 heavy (non-hydrogen) atoms. The number of phenolic OH excluding ortho intramolecular Hbond substituents is 1. The lowest BCUT2D eigenvalue weighted by Crippen LogP contribution is -2.66. The smallest absolute Gasteiger partial charge is 0.254 e. The number of rotatable bonds is 5. The van der Waals surface area contributed by atoms with Crippen LogP contribution in [0, 0.1) is 5.92 Å². The number of nitrogens with zero attached hydrogens (tertiary/aromatic N) is 2. The number of amides is 2. The van der Waals surface area contributed by atoms with E-state index in [4.69, 9.17) is 9.47 Å². The molecular weight excluding hydrogens is 324 g/mol. The van der Waals surface area contributed by atoms with Crippen LogP contribution in [-0.2, 0) is 14.3 Å². The molecule has 1 aromatic rings. The first-order chi connectivity index (χ1) is 11.9. The number of hydrogen-bond acceptors (Lipinski definition) is 5. The highest BCUT2D eigenvalue weighted by molar-refractivity contribution is 5.95. The first-order valence-electron chi connectivity index (χ1n) is 8.41. The molecule has 1 N–H and O–H groups in total. The number of likely N-dealkylation sites (N-methyl/N-ethyl adjacent to an activating group) is 1. The Morgan fingerprint density at radius 1 is 1.40 bits per heavy atom. The Kier molecular flexibility index (Phi) is 4.96. The van der Waals surface area contributed by atoms with Gasteiger partial charge in [0.05, 0.1) is 19.7 Å². The molecule has 2 saturated heterocycles. The van der Waals surface area contributed by atoms with Gasteiger partial charge in [0.25, 0.3) is 5.91 Å². The quantitative estimate of drug-likeness (QED) is 0.849. The molecule has 136 valence electrons. The summed E-state index contributed by atoms with van der Waals surface area (Å²) in [4.78, 5) is 27.3. The Bertz CT molecular complexity index is 655. The predicted octanol–water partition coefficient (Wildman–Crippen LogP) is 0.728. The first kappa shape index (κ1) is 17.7. The largest absolute Gasteiger partial charge is 0.508 e. The lowest BCUT2D eigenvalue weighted by molar-refractivity contribution is -0.141. The normalized spacial score (nSPS) is 21.2. The van der Waals surface area contributed by atoms with E-state index < -0.39 is 0 Å². The van der Waals surface area contributed by atoms with Gasteiger partial charge in [0, 0.05) is 32.2 Å². The van der Waals surface area contributed by atoms with Crippen molar-refractivity contribution in [3.05, 3.63) is 29.8 Å². The van der Waals surface area contributed by atoms with E-state index >= 15 is 0 Å². The van der Waals surface area contributed by atoms with Crippen molar-refractivity contribution in [3.63, 3.8) is 0 Å². The van der Waals surface area contributed by atoms with E-state index in [0.29, 0.717) is 31.9 Å². The molecule has 2 amide bonds. The minimum atomic E-state index is -0.367. The van der Waals surface area contributed by atoms with Crippen LogP contribution in [-0.4, -0.2) is 79.3 Å². The average Bonchev–Trinajstić information content (AvgIpc) is 2.96. The fourth-order valence-electron chi connectivity index (χ4n) is 3.35. The number of carbonyl (C=O) groups is 2. The van der Waals surface area contributed by atoms with Gasteiger partial charge in [0.15, 0.2) is 0 Å². The summed E-state index contributed by atoms with van der Waals surface area (Å²) in [6, 6.07) is 6.35. The number of aromatic hydroxyl groups is 1. The first-order valence-corrected chi connectivity index (χ1v) is 8.41. The van der Waals surface area contributed by atoms with Crippen molar-refractivity contribution in [2.45, 2.75) is 12.0 Å². The van der Waals surface area contributed by atoms with Crippen molar-refractivity contribution < 1.29 is 24.2 Å². The third kappa shape index (κ3) is 3.62. The maximum absolute atomic E-state index is 12.5. The SMILES string of the molecule is CN(C)C(=O)COC[C@@H]1CCOC12CN(C(=O)c1cccc(O)c1)C2. The minimum Gasteiger partial charge on any atom is -0.508 e. The summed E-state index contributed by atoms with van der Waals surface area (Å²) >= 11 is 0. The standard InChI is InChI=1S/C18H24N2O5/c1-19(2)16(22)10-24-9-14-6-7-25-18(14)11-20(12-18)17(23)13-4-3-5-15(21)8-13/h3-5,8,14,21H,6-7,9-12H2,1-2H3/t14-/m0/s1. The van der Waals surface area contributed by atoms with Gasteiger partial charge in [-0.2, -0.15) is 0 Å². The van der Waals surface area contributed by atoms with Crippen molar-refractivity contribution in [2.75, 3.05) is 47.0 Å². The Balaban J connectivity index is 1.53. The monoisotopic (exact) mass is 348 g/mol. The highest BCUT2D eigenvalue weighted by atomic mass is 16.5. The summed E-state index contributed by atoms with van der Waals surface area (Å²) in [7, 11) is 3.39. The zero-order valence-electron chi connectivity index (χ0n) is 14.6. The summed E-state index contributed by atoms with van der Waals surface area (Å²) in [5.74, 6) is 0.0764. The van der Waals surface area contributed by atoms with Crippen LogP contribution < -0.4 is 0 Å². The number of hydrogen-bond donors (Lipinski definition) is 1. The molecule has 7 heteroatoms. The van der Waals surface area contributed by atoms with Crippen LogP contribution in [0.5, 0.6) is 5.75 Å². The molecule has 1 aromatic carbocycles. The van der Waals surface area contributed by atoms with E-state index in [1.165, 1.54) is 17.0 Å². The van der Waals surface area contributed by atoms with Gasteiger partial charge in [-0.25, -0.2) is 0 Å². The topological polar surface area (TPSA) is 79.3 Å². The molecule has 0 aromatic heterocycles. The van der Waals surface area contributed by atoms with Crippen LogP contribution in [0.25, 0.3) is 0 Å². The molecule has 7 nitrogen and oxygen atoms in total. The van der Waals surface area contributed by atoms with Crippen LogP contribution in [0.4, 0.5) is 0 Å². The van der Waals surface area contributed by atoms with E-state index in [1.54, 1.807) is 31.1 Å². The van der Waals surface area contributed by atoms with E-state index in [9.17, 15) is 14.7 Å². The highest BCUT2D eigenvalue weighted by Crippen LogP contribution is 2.40. The van der Waals surface area contributed by atoms with Crippen LogP contribution in [0.3, 0.4) is 0 Å². The summed E-state index contributed by atoms with van der Waals surface area (Å²) in [6.45, 7) is 2.18. The Labute approximate surface area is 147 Å². The van der Waals surface area contributed by atoms with Crippen LogP contribution in [0.2, 0.25) is 0 Å². The van der Waals surface area contributed by atoms with Crippen molar-refractivity contribution in [2.24, 2.45) is 5.92 Å². The number of likely N-dealkylation sites (tertiary alicyclic amines) is 1. The number of ether oxygens (including phenoxy) is 2. The summed E-state index contributed by atoms with van der Waals surface area (Å²) in [6.07, 6.45) is 0.865. The Hall–Kier alpha value is -2.12. The Morgan fingerprint density at radius 2 is 2.16 bits per heavy atom. The van der Waals surface area contributed by atoms with Gasteiger partial charge in [-0.1, -0.05) is 6.07 Å². The molecular formula is C18H24N2O5. The predicted molar refractivity (Wildman–Crippen MR) is 90.3 cm³/mol. The number of phenols is 1. The Morgan fingerprint density at radius 3 is 2.84 bits per heavy atom. The maximum atomic E-state index is 12.5. The fourth-order valence-corrected chi connectivity index (χ4v) is 3.35. The third-order valence-corrected chi connectivity index (χ3v) is 4.94. The highest BCUT2D eigenvalue weighted by Gasteiger charge is 2.54. The van der Waals surface area contributed by atoms with Gasteiger partial charge >= 0.3 is 0 Å². The van der Waals surface area contributed by atoms with E-state index in [-0.39, 0.29) is 35.7 Å². The average molecular weight is 348 g/mol. The third-order valence-electron chi connectivity index (χ3n) is 4.94. The molecule has 0 radical (unpaired) electrons. The van der Waals surface area contributed by atoms with Gasteiger partial charge < -0.3 is 24.4 Å². The number of carbonyl (C=O) groups excluding carboxylic acids is 2. The number of benzene rings is 1. The van der Waals surface area contributed by atoms with Crippen molar-refractivity contribution in [1.29, 1.82) is 0 Å². The van der Waals surface area contributed by atoms with E-state index in [2.05, 4.69) is 0 Å². The van der Waals surface area contributed by atoms with Crippen molar-refractivity contribution in [3.8, 4) is 5.75 Å². The van der Waals surface area contributed by atoms with Gasteiger partial charge in [0.2, 0.25) is 5.91 Å². The van der Waals surface area contributed by atoms with Crippen LogP contribution >= 0.6 is 0 Å². The van der Waals surface area contributed by atoms with Crippen molar-refractivity contribution >= 4 is 11.8 Å². The molecule has 0 aliphatic carbocycles. The maximum Gasteiger partial charge on any atom is 0.254 e. The van der Waals surface area contributed by atoms with Gasteiger partial charge in [-0.15, -0.1) is 0 Å². The zero-order chi connectivity index (χ0) is 18.0. The molecule has 1 spiro atoms. The molecule has 1 atom stereocenters. The molecule has 3 rings (SSSR count). The summed E-state index contributed by atoms with van der Waals surface area (Å²) in [5.41, 5.74) is 0.102. The van der Waals surface area contributed by atoms with Crippen LogP contribution in [0.1, 0.15) is 16.8 Å². The second-order valence-corrected chi connectivity index (χ2v) is 6.91. The summed E-state index contributed by atoms with van der Waals surface area (Å²) in [5, 5.41) is 9.52. The summed E-state index contributed by atoms with van der Waals surface area (Å²) < 4.78 is 11.5. The fraction of sp³-hybridized carbons (Fsp3) is 0.556. The lowest BCUT2D eigenvalue weighted by atomic mass is 9.81. The van der Waals surface area contributed by atoms with E-state index in [1.807, 2.05) is 0 Å². The molecule has 2 heterocycles. The van der Waals surface area contributed by atoms with Gasteiger partial charge in [-0.05, 0) is 24.6 Å². The van der Waals surface area contributed by atoms with Gasteiger partial charge in [-0.3, -0.25) is 9.59 Å². The molecule has 0 bridgehead atoms. The minimum absolute atomic E-state index is 0.0610. The lowest BCUT2D eigenvalue weighted by Gasteiger charge is -2.50. The van der Waals surface area contributed by atoms with Gasteiger partial charge in [0.1, 0.15) is 18.0 Å². The second-order valence-electron chi connectivity index (χ2n) is 6.91. The van der Waals surface area contributed by atoms with Crippen LogP contribution in [0.15, 0.2) is 24.3 Å². The molecule has 2 aliphatic heterocycles. The second kappa shape index (κ2) is 7.01. The zero-order valence-corrected chi connectivity index (χ0v) is 14.6. The molecule has 2 fully saturated rings. The molecule has 0 unspecified atom stereocenters.